The van der Waals surface area contributed by atoms with Gasteiger partial charge < -0.3 is 5.43 Å². The van der Waals surface area contributed by atoms with Gasteiger partial charge in [0.15, 0.2) is 5.82 Å². The second-order valence-corrected chi connectivity index (χ2v) is 3.71. The first kappa shape index (κ1) is 11.9. The summed E-state index contributed by atoms with van der Waals surface area (Å²) in [7, 11) is 2.09. The summed E-state index contributed by atoms with van der Waals surface area (Å²) in [5.41, 5.74) is 3.41. The van der Waals surface area contributed by atoms with Crippen LogP contribution in [0.1, 0.15) is 26.0 Å². The fourth-order valence-electron chi connectivity index (χ4n) is 1.23. The lowest BCUT2D eigenvalue weighted by atomic mass is 10.2. The van der Waals surface area contributed by atoms with Crippen LogP contribution >= 0.6 is 0 Å². The molecule has 1 atom stereocenters. The quantitative estimate of drug-likeness (QED) is 0.559. The second-order valence-electron chi connectivity index (χ2n) is 3.71. The van der Waals surface area contributed by atoms with E-state index in [1.807, 2.05) is 0 Å². The number of rotatable bonds is 5. The van der Waals surface area contributed by atoms with E-state index in [0.717, 1.165) is 18.7 Å². The Balaban J connectivity index is 2.57. The van der Waals surface area contributed by atoms with Crippen molar-refractivity contribution in [2.75, 3.05) is 12.5 Å². The molecule has 1 unspecified atom stereocenters. The summed E-state index contributed by atoms with van der Waals surface area (Å²) in [4.78, 5) is 10.6. The van der Waals surface area contributed by atoms with Crippen LogP contribution in [0.15, 0.2) is 12.4 Å². The SMILES string of the molecule is CCC(C)N(C)Cc1cnc(NN)cn1. The molecule has 0 aliphatic rings. The van der Waals surface area contributed by atoms with Crippen LogP contribution in [0, 0.1) is 0 Å². The van der Waals surface area contributed by atoms with E-state index in [9.17, 15) is 0 Å². The van der Waals surface area contributed by atoms with Crippen molar-refractivity contribution < 1.29 is 0 Å². The minimum Gasteiger partial charge on any atom is -0.307 e. The number of anilines is 1. The predicted octanol–water partition coefficient (Wildman–Crippen LogP) is 0.992. The maximum absolute atomic E-state index is 5.21. The van der Waals surface area contributed by atoms with Gasteiger partial charge in [0, 0.05) is 12.6 Å². The smallest absolute Gasteiger partial charge is 0.158 e. The normalized spacial score (nSPS) is 12.9. The van der Waals surface area contributed by atoms with Gasteiger partial charge in [-0.05, 0) is 20.4 Å². The van der Waals surface area contributed by atoms with E-state index in [4.69, 9.17) is 5.84 Å². The summed E-state index contributed by atoms with van der Waals surface area (Å²) >= 11 is 0. The van der Waals surface area contributed by atoms with E-state index in [1.54, 1.807) is 12.4 Å². The Morgan fingerprint density at radius 1 is 1.47 bits per heavy atom. The zero-order valence-corrected chi connectivity index (χ0v) is 9.57. The van der Waals surface area contributed by atoms with Crippen LogP contribution in [0.2, 0.25) is 0 Å². The molecule has 1 aromatic rings. The number of nitrogens with zero attached hydrogens (tertiary/aromatic N) is 3. The van der Waals surface area contributed by atoms with Crippen molar-refractivity contribution in [2.45, 2.75) is 32.9 Å². The van der Waals surface area contributed by atoms with Gasteiger partial charge in [0.25, 0.3) is 0 Å². The maximum atomic E-state index is 5.21. The highest BCUT2D eigenvalue weighted by Gasteiger charge is 2.07. The van der Waals surface area contributed by atoms with Crippen LogP contribution in [-0.4, -0.2) is 28.0 Å². The van der Waals surface area contributed by atoms with Crippen molar-refractivity contribution in [1.82, 2.24) is 14.9 Å². The Labute approximate surface area is 90.7 Å². The average molecular weight is 209 g/mol. The van der Waals surface area contributed by atoms with Crippen LogP contribution in [0.5, 0.6) is 0 Å². The standard InChI is InChI=1S/C10H19N5/c1-4-8(2)15(3)7-9-5-13-10(14-11)6-12-9/h5-6,8H,4,7,11H2,1-3H3,(H,13,14). The first-order valence-electron chi connectivity index (χ1n) is 5.15. The van der Waals surface area contributed by atoms with Gasteiger partial charge >= 0.3 is 0 Å². The van der Waals surface area contributed by atoms with Crippen LogP contribution in [0.4, 0.5) is 5.82 Å². The molecule has 0 spiro atoms. The molecule has 0 saturated carbocycles. The summed E-state index contributed by atoms with van der Waals surface area (Å²) in [6.07, 6.45) is 4.51. The fraction of sp³-hybridized carbons (Fsp3) is 0.600. The number of hydrazine groups is 1. The minimum atomic E-state index is 0.555. The van der Waals surface area contributed by atoms with E-state index in [1.165, 1.54) is 0 Å². The molecule has 0 amide bonds. The van der Waals surface area contributed by atoms with E-state index >= 15 is 0 Å². The molecule has 0 bridgehead atoms. The van der Waals surface area contributed by atoms with Gasteiger partial charge in [0.1, 0.15) is 0 Å². The first-order chi connectivity index (χ1) is 7.17. The molecule has 0 saturated heterocycles. The van der Waals surface area contributed by atoms with E-state index in [0.29, 0.717) is 11.9 Å². The summed E-state index contributed by atoms with van der Waals surface area (Å²) < 4.78 is 0. The van der Waals surface area contributed by atoms with Crippen molar-refractivity contribution in [1.29, 1.82) is 0 Å². The van der Waals surface area contributed by atoms with Crippen molar-refractivity contribution >= 4 is 5.82 Å². The number of nitrogens with two attached hydrogens (primary N) is 1. The molecular formula is C10H19N5. The highest BCUT2D eigenvalue weighted by molar-refractivity contribution is 5.28. The zero-order chi connectivity index (χ0) is 11.3. The Kier molecular flexibility index (Phi) is 4.45. The molecule has 15 heavy (non-hydrogen) atoms. The van der Waals surface area contributed by atoms with E-state index in [2.05, 4.69) is 41.2 Å². The molecule has 0 radical (unpaired) electrons. The summed E-state index contributed by atoms with van der Waals surface area (Å²) in [6, 6.07) is 0.555. The summed E-state index contributed by atoms with van der Waals surface area (Å²) in [5, 5.41) is 0. The molecular weight excluding hydrogens is 190 g/mol. The van der Waals surface area contributed by atoms with Crippen molar-refractivity contribution in [3.63, 3.8) is 0 Å². The number of hydrogen-bond donors (Lipinski definition) is 2. The molecule has 1 aromatic heterocycles. The monoisotopic (exact) mass is 209 g/mol. The largest absolute Gasteiger partial charge is 0.307 e. The van der Waals surface area contributed by atoms with Gasteiger partial charge in [-0.25, -0.2) is 10.8 Å². The molecule has 84 valence electrons. The molecule has 1 heterocycles. The number of nitrogen functional groups attached to an aromatic ring is 1. The third-order valence-electron chi connectivity index (χ3n) is 2.61. The van der Waals surface area contributed by atoms with E-state index in [-0.39, 0.29) is 0 Å². The number of nitrogens with one attached hydrogen (secondary N) is 1. The molecule has 0 fully saturated rings. The molecule has 1 rings (SSSR count). The van der Waals surface area contributed by atoms with Crippen LogP contribution in [-0.2, 0) is 6.54 Å². The topological polar surface area (TPSA) is 67.1 Å². The van der Waals surface area contributed by atoms with Gasteiger partial charge in [-0.3, -0.25) is 9.88 Å². The van der Waals surface area contributed by atoms with Gasteiger partial charge in [-0.15, -0.1) is 0 Å². The van der Waals surface area contributed by atoms with Crippen LogP contribution < -0.4 is 11.3 Å². The molecule has 0 aromatic carbocycles. The van der Waals surface area contributed by atoms with Gasteiger partial charge in [-0.2, -0.15) is 0 Å². The number of aromatic nitrogens is 2. The predicted molar refractivity (Wildman–Crippen MR) is 61.1 cm³/mol. The third kappa shape index (κ3) is 3.45. The Hall–Kier alpha value is -1.20. The molecule has 0 aliphatic heterocycles. The van der Waals surface area contributed by atoms with Crippen molar-refractivity contribution in [3.8, 4) is 0 Å². The molecule has 5 nitrogen and oxygen atoms in total. The highest BCUT2D eigenvalue weighted by Crippen LogP contribution is 2.06. The Morgan fingerprint density at radius 2 is 2.20 bits per heavy atom. The minimum absolute atomic E-state index is 0.555. The Bertz CT molecular complexity index is 284. The van der Waals surface area contributed by atoms with Crippen molar-refractivity contribution in [2.24, 2.45) is 5.84 Å². The van der Waals surface area contributed by atoms with Gasteiger partial charge in [0.05, 0.1) is 18.1 Å². The second kappa shape index (κ2) is 5.63. The Morgan fingerprint density at radius 3 is 2.67 bits per heavy atom. The lowest BCUT2D eigenvalue weighted by Crippen LogP contribution is -2.28. The molecule has 3 N–H and O–H groups in total. The molecule has 5 heteroatoms. The fourth-order valence-corrected chi connectivity index (χ4v) is 1.23. The van der Waals surface area contributed by atoms with E-state index < -0.39 is 0 Å². The lowest BCUT2D eigenvalue weighted by molar-refractivity contribution is 0.241. The first-order valence-corrected chi connectivity index (χ1v) is 5.15. The maximum Gasteiger partial charge on any atom is 0.158 e. The lowest BCUT2D eigenvalue weighted by Gasteiger charge is -2.22. The van der Waals surface area contributed by atoms with Crippen LogP contribution in [0.3, 0.4) is 0 Å². The van der Waals surface area contributed by atoms with Gasteiger partial charge in [-0.1, -0.05) is 6.92 Å². The molecule has 0 aliphatic carbocycles. The summed E-state index contributed by atoms with van der Waals surface area (Å²) in [6.45, 7) is 5.18. The van der Waals surface area contributed by atoms with Crippen molar-refractivity contribution in [3.05, 3.63) is 18.1 Å². The summed E-state index contributed by atoms with van der Waals surface area (Å²) in [5.74, 6) is 5.80. The van der Waals surface area contributed by atoms with Gasteiger partial charge in [0.2, 0.25) is 0 Å². The average Bonchev–Trinajstić information content (AvgIpc) is 2.29. The number of hydrogen-bond acceptors (Lipinski definition) is 5. The van der Waals surface area contributed by atoms with Crippen LogP contribution in [0.25, 0.3) is 0 Å². The third-order valence-corrected chi connectivity index (χ3v) is 2.61. The zero-order valence-electron chi connectivity index (χ0n) is 9.57. The highest BCUT2D eigenvalue weighted by atomic mass is 15.3.